The number of sulfonamides is 1. The lowest BCUT2D eigenvalue weighted by atomic mass is 10.2. The average Bonchev–Trinajstić information content (AvgIpc) is 3.11. The molecule has 0 aromatic heterocycles. The quantitative estimate of drug-likeness (QED) is 0.622. The number of fused-ring (bicyclic) bond motifs is 1. The van der Waals surface area contributed by atoms with Crippen molar-refractivity contribution in [1.82, 2.24) is 14.5 Å². The summed E-state index contributed by atoms with van der Waals surface area (Å²) in [5.74, 6) is 0.332. The molecule has 0 atom stereocenters. The highest BCUT2D eigenvalue weighted by Crippen LogP contribution is 2.33. The number of amides is 2. The zero-order valence-corrected chi connectivity index (χ0v) is 19.5. The highest BCUT2D eigenvalue weighted by Gasteiger charge is 2.31. The van der Waals surface area contributed by atoms with Crippen molar-refractivity contribution in [3.8, 4) is 11.5 Å². The van der Waals surface area contributed by atoms with Crippen LogP contribution in [0.1, 0.15) is 12.0 Å². The van der Waals surface area contributed by atoms with E-state index in [1.165, 1.54) is 22.5 Å². The minimum atomic E-state index is -3.74. The second kappa shape index (κ2) is 10.7. The van der Waals surface area contributed by atoms with Crippen LogP contribution in [-0.2, 0) is 19.6 Å². The normalized spacial score (nSPS) is 16.8. The fraction of sp³-hybridized carbons (Fsp3) is 0.333. The van der Waals surface area contributed by atoms with Crippen molar-refractivity contribution in [2.24, 2.45) is 0 Å². The average molecular weight is 486 g/mol. The molecule has 2 aromatic carbocycles. The van der Waals surface area contributed by atoms with Crippen molar-refractivity contribution >= 4 is 27.9 Å². The Morgan fingerprint density at radius 1 is 0.941 bits per heavy atom. The number of hydrogen-bond donors (Lipinski definition) is 1. The Balaban J connectivity index is 1.28. The lowest BCUT2D eigenvalue weighted by Gasteiger charge is -2.34. The number of carbonyl (C=O) groups is 2. The molecule has 0 saturated carbocycles. The lowest BCUT2D eigenvalue weighted by molar-refractivity contribution is -0.133. The number of nitrogens with one attached hydrogen (secondary N) is 1. The third-order valence-corrected chi connectivity index (χ3v) is 7.48. The van der Waals surface area contributed by atoms with Gasteiger partial charge in [0.05, 0.1) is 24.7 Å². The second-order valence-electron chi connectivity index (χ2n) is 7.91. The Hall–Kier alpha value is -3.37. The highest BCUT2D eigenvalue weighted by molar-refractivity contribution is 7.89. The maximum absolute atomic E-state index is 13.1. The zero-order chi connectivity index (χ0) is 24.0. The third-order valence-electron chi connectivity index (χ3n) is 5.59. The van der Waals surface area contributed by atoms with E-state index in [9.17, 15) is 18.0 Å². The predicted molar refractivity (Wildman–Crippen MR) is 126 cm³/mol. The molecule has 10 heteroatoms. The number of piperazine rings is 1. The van der Waals surface area contributed by atoms with Crippen molar-refractivity contribution in [1.29, 1.82) is 0 Å². The van der Waals surface area contributed by atoms with Crippen molar-refractivity contribution in [3.63, 3.8) is 0 Å². The summed E-state index contributed by atoms with van der Waals surface area (Å²) in [4.78, 5) is 26.2. The highest BCUT2D eigenvalue weighted by atomic mass is 32.2. The van der Waals surface area contributed by atoms with Crippen LogP contribution in [0.15, 0.2) is 59.5 Å². The predicted octanol–water partition coefficient (Wildman–Crippen LogP) is 1.51. The van der Waals surface area contributed by atoms with E-state index >= 15 is 0 Å². The van der Waals surface area contributed by atoms with E-state index in [0.29, 0.717) is 24.7 Å². The summed E-state index contributed by atoms with van der Waals surface area (Å²) in [6.45, 7) is 1.69. The van der Waals surface area contributed by atoms with E-state index in [4.69, 9.17) is 9.47 Å². The smallest absolute Gasteiger partial charge is 0.244 e. The summed E-state index contributed by atoms with van der Waals surface area (Å²) in [5, 5.41) is 2.58. The number of nitrogens with zero attached hydrogens (tertiary/aromatic N) is 2. The standard InChI is InChI=1S/C24H27N3O6S/c28-23(10-7-19-5-2-1-3-6-19)25-18-24(29)26-11-13-27(14-12-26)34(30,31)20-8-9-21-22(17-20)33-16-4-15-32-21/h1-3,5-10,17H,4,11-16,18H2,(H,25,28). The third kappa shape index (κ3) is 5.75. The number of benzene rings is 2. The van der Waals surface area contributed by atoms with Gasteiger partial charge in [0.15, 0.2) is 11.5 Å². The van der Waals surface area contributed by atoms with Crippen LogP contribution in [-0.4, -0.2) is 75.4 Å². The van der Waals surface area contributed by atoms with Crippen LogP contribution >= 0.6 is 0 Å². The van der Waals surface area contributed by atoms with Gasteiger partial charge >= 0.3 is 0 Å². The van der Waals surface area contributed by atoms with E-state index in [1.807, 2.05) is 30.3 Å². The van der Waals surface area contributed by atoms with Gasteiger partial charge in [-0.2, -0.15) is 4.31 Å². The molecule has 0 unspecified atom stereocenters. The van der Waals surface area contributed by atoms with E-state index in [1.54, 1.807) is 17.0 Å². The largest absolute Gasteiger partial charge is 0.490 e. The summed E-state index contributed by atoms with van der Waals surface area (Å²) >= 11 is 0. The van der Waals surface area contributed by atoms with E-state index in [-0.39, 0.29) is 49.4 Å². The van der Waals surface area contributed by atoms with Gasteiger partial charge in [0.1, 0.15) is 0 Å². The lowest BCUT2D eigenvalue weighted by Crippen LogP contribution is -2.52. The summed E-state index contributed by atoms with van der Waals surface area (Å²) in [5.41, 5.74) is 0.884. The molecule has 4 rings (SSSR count). The van der Waals surface area contributed by atoms with Crippen LogP contribution < -0.4 is 14.8 Å². The maximum Gasteiger partial charge on any atom is 0.244 e. The minimum absolute atomic E-state index is 0.133. The van der Waals surface area contributed by atoms with Crippen LogP contribution in [0, 0.1) is 0 Å². The molecule has 1 N–H and O–H groups in total. The molecule has 1 saturated heterocycles. The first-order valence-corrected chi connectivity index (χ1v) is 12.6. The van der Waals surface area contributed by atoms with Crippen LogP contribution in [0.25, 0.3) is 6.08 Å². The summed E-state index contributed by atoms with van der Waals surface area (Å²) in [6.07, 6.45) is 3.78. The van der Waals surface area contributed by atoms with E-state index < -0.39 is 10.0 Å². The number of hydrogen-bond acceptors (Lipinski definition) is 6. The van der Waals surface area contributed by atoms with Crippen LogP contribution in [0.5, 0.6) is 11.5 Å². The second-order valence-corrected chi connectivity index (χ2v) is 9.84. The molecule has 0 radical (unpaired) electrons. The van der Waals surface area contributed by atoms with Crippen molar-refractivity contribution in [2.75, 3.05) is 45.9 Å². The number of rotatable bonds is 6. The van der Waals surface area contributed by atoms with Gasteiger partial charge in [0.25, 0.3) is 0 Å². The number of carbonyl (C=O) groups excluding carboxylic acids is 2. The Labute approximate surface area is 199 Å². The molecular weight excluding hydrogens is 458 g/mol. The molecule has 2 heterocycles. The Morgan fingerprint density at radius 3 is 2.38 bits per heavy atom. The molecule has 9 nitrogen and oxygen atoms in total. The zero-order valence-electron chi connectivity index (χ0n) is 18.7. The maximum atomic E-state index is 13.1. The molecule has 34 heavy (non-hydrogen) atoms. The fourth-order valence-electron chi connectivity index (χ4n) is 3.70. The molecule has 2 aromatic rings. The molecule has 2 aliphatic rings. The molecule has 2 amide bonds. The van der Waals surface area contributed by atoms with Gasteiger partial charge in [-0.05, 0) is 23.8 Å². The van der Waals surface area contributed by atoms with Gasteiger partial charge in [0, 0.05) is 44.7 Å². The van der Waals surface area contributed by atoms with Crippen molar-refractivity contribution in [2.45, 2.75) is 11.3 Å². The molecule has 0 aliphatic carbocycles. The van der Waals surface area contributed by atoms with Crippen LogP contribution in [0.4, 0.5) is 0 Å². The minimum Gasteiger partial charge on any atom is -0.490 e. The summed E-state index contributed by atoms with van der Waals surface area (Å²) in [7, 11) is -3.74. The molecule has 0 bridgehead atoms. The fourth-order valence-corrected chi connectivity index (χ4v) is 5.14. The summed E-state index contributed by atoms with van der Waals surface area (Å²) < 4.78 is 38.7. The van der Waals surface area contributed by atoms with Crippen LogP contribution in [0.3, 0.4) is 0 Å². The van der Waals surface area contributed by atoms with E-state index in [0.717, 1.165) is 12.0 Å². The van der Waals surface area contributed by atoms with Crippen molar-refractivity contribution in [3.05, 3.63) is 60.2 Å². The van der Waals surface area contributed by atoms with Gasteiger partial charge < -0.3 is 19.7 Å². The molecule has 180 valence electrons. The Bertz CT molecular complexity index is 1160. The van der Waals surface area contributed by atoms with E-state index in [2.05, 4.69) is 5.32 Å². The molecular formula is C24H27N3O6S. The van der Waals surface area contributed by atoms with Crippen molar-refractivity contribution < 1.29 is 27.5 Å². The number of ether oxygens (including phenoxy) is 2. The molecule has 0 spiro atoms. The van der Waals surface area contributed by atoms with Crippen LogP contribution in [0.2, 0.25) is 0 Å². The first-order chi connectivity index (χ1) is 16.4. The van der Waals surface area contributed by atoms with Gasteiger partial charge in [-0.1, -0.05) is 30.3 Å². The van der Waals surface area contributed by atoms with Gasteiger partial charge in [0.2, 0.25) is 21.8 Å². The van der Waals surface area contributed by atoms with Gasteiger partial charge in [-0.15, -0.1) is 0 Å². The first kappa shape index (κ1) is 23.8. The summed E-state index contributed by atoms with van der Waals surface area (Å²) in [6, 6.07) is 14.0. The van der Waals surface area contributed by atoms with Gasteiger partial charge in [-0.25, -0.2) is 8.42 Å². The molecule has 2 aliphatic heterocycles. The monoisotopic (exact) mass is 485 g/mol. The Morgan fingerprint density at radius 2 is 1.65 bits per heavy atom. The SMILES string of the molecule is O=C(C=Cc1ccccc1)NCC(=O)N1CCN(S(=O)(=O)c2ccc3c(c2)OCCCO3)CC1. The van der Waals surface area contributed by atoms with Gasteiger partial charge in [-0.3, -0.25) is 9.59 Å². The Kier molecular flexibility index (Phi) is 7.49. The first-order valence-electron chi connectivity index (χ1n) is 11.1. The topological polar surface area (TPSA) is 105 Å². The molecule has 1 fully saturated rings.